The standard InChI is InChI=1S/C8H13N3O3/c1-3-9-8(14)11-4-6(12)10-7(13)5(11)2/h5H,3-4H2,1-2H3,(H,9,14)(H,10,12,13). The van der Waals surface area contributed by atoms with Gasteiger partial charge >= 0.3 is 6.03 Å². The lowest BCUT2D eigenvalue weighted by Gasteiger charge is -2.31. The smallest absolute Gasteiger partial charge is 0.318 e. The van der Waals surface area contributed by atoms with Crippen LogP contribution in [0.1, 0.15) is 13.8 Å². The maximum absolute atomic E-state index is 11.4. The largest absolute Gasteiger partial charge is 0.338 e. The zero-order chi connectivity index (χ0) is 10.7. The van der Waals surface area contributed by atoms with E-state index in [0.717, 1.165) is 0 Å². The first kappa shape index (κ1) is 10.5. The molecule has 0 bridgehead atoms. The fourth-order valence-corrected chi connectivity index (χ4v) is 1.22. The molecule has 0 radical (unpaired) electrons. The van der Waals surface area contributed by atoms with E-state index in [1.807, 2.05) is 0 Å². The third-order valence-corrected chi connectivity index (χ3v) is 2.01. The fourth-order valence-electron chi connectivity index (χ4n) is 1.22. The Balaban J connectivity index is 2.71. The summed E-state index contributed by atoms with van der Waals surface area (Å²) in [5.74, 6) is -0.883. The van der Waals surface area contributed by atoms with Crippen molar-refractivity contribution in [3.8, 4) is 0 Å². The number of hydrogen-bond donors (Lipinski definition) is 2. The summed E-state index contributed by atoms with van der Waals surface area (Å²) in [7, 11) is 0. The highest BCUT2D eigenvalue weighted by atomic mass is 16.2. The Hall–Kier alpha value is -1.59. The van der Waals surface area contributed by atoms with Crippen LogP contribution in [0.3, 0.4) is 0 Å². The number of urea groups is 1. The molecule has 1 aliphatic rings. The summed E-state index contributed by atoms with van der Waals surface area (Å²) in [4.78, 5) is 34.7. The predicted octanol–water partition coefficient (Wildman–Crippen LogP) is -0.937. The van der Waals surface area contributed by atoms with Gasteiger partial charge in [0.25, 0.3) is 0 Å². The first-order valence-corrected chi connectivity index (χ1v) is 4.44. The van der Waals surface area contributed by atoms with Gasteiger partial charge in [-0.1, -0.05) is 0 Å². The van der Waals surface area contributed by atoms with Crippen LogP contribution in [0.5, 0.6) is 0 Å². The van der Waals surface area contributed by atoms with Crippen LogP contribution in [0, 0.1) is 0 Å². The molecule has 0 spiro atoms. The highest BCUT2D eigenvalue weighted by Gasteiger charge is 2.33. The second-order valence-electron chi connectivity index (χ2n) is 3.05. The highest BCUT2D eigenvalue weighted by Crippen LogP contribution is 2.04. The Labute approximate surface area is 81.6 Å². The van der Waals surface area contributed by atoms with Crippen molar-refractivity contribution >= 4 is 17.8 Å². The van der Waals surface area contributed by atoms with Crippen molar-refractivity contribution < 1.29 is 14.4 Å². The normalized spacial score (nSPS) is 21.9. The van der Waals surface area contributed by atoms with Gasteiger partial charge in [-0.25, -0.2) is 4.79 Å². The highest BCUT2D eigenvalue weighted by molar-refractivity contribution is 6.03. The number of carbonyl (C=O) groups excluding carboxylic acids is 3. The molecule has 0 aromatic heterocycles. The lowest BCUT2D eigenvalue weighted by molar-refractivity contribution is -0.137. The van der Waals surface area contributed by atoms with Crippen LogP contribution < -0.4 is 10.6 Å². The predicted molar refractivity (Wildman–Crippen MR) is 48.4 cm³/mol. The van der Waals surface area contributed by atoms with Gasteiger partial charge in [-0.3, -0.25) is 14.9 Å². The van der Waals surface area contributed by atoms with Crippen molar-refractivity contribution in [3.05, 3.63) is 0 Å². The van der Waals surface area contributed by atoms with Gasteiger partial charge in [-0.15, -0.1) is 0 Å². The minimum absolute atomic E-state index is 0.0707. The van der Waals surface area contributed by atoms with Gasteiger partial charge in [0, 0.05) is 6.54 Å². The summed E-state index contributed by atoms with van der Waals surface area (Å²) in [6.45, 7) is 3.75. The molecule has 2 N–H and O–H groups in total. The average Bonchev–Trinajstić information content (AvgIpc) is 2.11. The summed E-state index contributed by atoms with van der Waals surface area (Å²) in [5.41, 5.74) is 0. The van der Waals surface area contributed by atoms with Gasteiger partial charge in [0.1, 0.15) is 12.6 Å². The summed E-state index contributed by atoms with van der Waals surface area (Å²) in [6.07, 6.45) is 0. The van der Waals surface area contributed by atoms with Crippen molar-refractivity contribution in [2.75, 3.05) is 13.1 Å². The first-order chi connectivity index (χ1) is 6.56. The van der Waals surface area contributed by atoms with E-state index in [1.165, 1.54) is 4.90 Å². The third kappa shape index (κ3) is 2.01. The summed E-state index contributed by atoms with van der Waals surface area (Å²) in [6, 6.07) is -0.984. The maximum atomic E-state index is 11.4. The summed E-state index contributed by atoms with van der Waals surface area (Å²) in [5, 5.41) is 4.70. The van der Waals surface area contributed by atoms with Crippen molar-refractivity contribution in [3.63, 3.8) is 0 Å². The Morgan fingerprint density at radius 2 is 2.29 bits per heavy atom. The molecule has 6 heteroatoms. The van der Waals surface area contributed by atoms with E-state index in [4.69, 9.17) is 0 Å². The third-order valence-electron chi connectivity index (χ3n) is 2.01. The Kier molecular flexibility index (Phi) is 3.06. The topological polar surface area (TPSA) is 78.5 Å². The van der Waals surface area contributed by atoms with E-state index in [2.05, 4.69) is 10.6 Å². The Bertz CT molecular complexity index is 277. The Morgan fingerprint density at radius 1 is 1.64 bits per heavy atom. The molecule has 1 aliphatic heterocycles. The minimum Gasteiger partial charge on any atom is -0.338 e. The van der Waals surface area contributed by atoms with Crippen LogP contribution in [0.2, 0.25) is 0 Å². The van der Waals surface area contributed by atoms with Crippen LogP contribution >= 0.6 is 0 Å². The van der Waals surface area contributed by atoms with Crippen LogP contribution in [-0.4, -0.2) is 41.9 Å². The molecule has 0 aromatic rings. The van der Waals surface area contributed by atoms with Gasteiger partial charge in [0.05, 0.1) is 0 Å². The van der Waals surface area contributed by atoms with Crippen molar-refractivity contribution in [1.82, 2.24) is 15.5 Å². The molecule has 1 rings (SSSR count). The zero-order valence-electron chi connectivity index (χ0n) is 8.16. The zero-order valence-corrected chi connectivity index (χ0v) is 8.16. The molecule has 78 valence electrons. The molecule has 1 heterocycles. The second kappa shape index (κ2) is 4.08. The molecule has 4 amide bonds. The molecule has 1 atom stereocenters. The van der Waals surface area contributed by atoms with Crippen molar-refractivity contribution in [2.45, 2.75) is 19.9 Å². The van der Waals surface area contributed by atoms with Gasteiger partial charge in [-0.2, -0.15) is 0 Å². The molecular weight excluding hydrogens is 186 g/mol. The lowest BCUT2D eigenvalue weighted by atomic mass is 10.2. The van der Waals surface area contributed by atoms with Gasteiger partial charge in [0.15, 0.2) is 0 Å². The number of imide groups is 1. The number of carbonyl (C=O) groups is 3. The van der Waals surface area contributed by atoms with Crippen molar-refractivity contribution in [2.24, 2.45) is 0 Å². The molecule has 1 unspecified atom stereocenters. The number of amides is 4. The summed E-state index contributed by atoms with van der Waals surface area (Å²) < 4.78 is 0. The monoisotopic (exact) mass is 199 g/mol. The van der Waals surface area contributed by atoms with E-state index in [9.17, 15) is 14.4 Å². The number of hydrogen-bond acceptors (Lipinski definition) is 3. The van der Waals surface area contributed by atoms with Gasteiger partial charge < -0.3 is 10.2 Å². The maximum Gasteiger partial charge on any atom is 0.318 e. The van der Waals surface area contributed by atoms with Crippen LogP contribution in [0.25, 0.3) is 0 Å². The number of nitrogens with one attached hydrogen (secondary N) is 2. The lowest BCUT2D eigenvalue weighted by Crippen LogP contribution is -2.60. The van der Waals surface area contributed by atoms with E-state index >= 15 is 0 Å². The number of nitrogens with zero attached hydrogens (tertiary/aromatic N) is 1. The van der Waals surface area contributed by atoms with E-state index in [0.29, 0.717) is 6.54 Å². The van der Waals surface area contributed by atoms with Crippen LogP contribution in [0.15, 0.2) is 0 Å². The SMILES string of the molecule is CCNC(=O)N1CC(=O)NC(=O)C1C. The van der Waals surface area contributed by atoms with Gasteiger partial charge in [0.2, 0.25) is 11.8 Å². The minimum atomic E-state index is -0.598. The molecule has 0 saturated carbocycles. The Morgan fingerprint density at radius 3 is 2.86 bits per heavy atom. The van der Waals surface area contributed by atoms with E-state index in [-0.39, 0.29) is 12.6 Å². The van der Waals surface area contributed by atoms with Crippen LogP contribution in [-0.2, 0) is 9.59 Å². The molecule has 1 fully saturated rings. The molecular formula is C8H13N3O3. The summed E-state index contributed by atoms with van der Waals surface area (Å²) >= 11 is 0. The van der Waals surface area contributed by atoms with Crippen molar-refractivity contribution in [1.29, 1.82) is 0 Å². The van der Waals surface area contributed by atoms with Crippen LogP contribution in [0.4, 0.5) is 4.79 Å². The number of piperazine rings is 1. The first-order valence-electron chi connectivity index (χ1n) is 4.44. The van der Waals surface area contributed by atoms with Gasteiger partial charge in [-0.05, 0) is 13.8 Å². The van der Waals surface area contributed by atoms with E-state index in [1.54, 1.807) is 13.8 Å². The quantitative estimate of drug-likeness (QED) is 0.535. The number of rotatable bonds is 1. The molecule has 0 aliphatic carbocycles. The fraction of sp³-hybridized carbons (Fsp3) is 0.625. The average molecular weight is 199 g/mol. The molecule has 0 aromatic carbocycles. The molecule has 6 nitrogen and oxygen atoms in total. The molecule has 1 saturated heterocycles. The second-order valence-corrected chi connectivity index (χ2v) is 3.05. The molecule has 14 heavy (non-hydrogen) atoms. The van der Waals surface area contributed by atoms with E-state index < -0.39 is 17.9 Å².